The van der Waals surface area contributed by atoms with Gasteiger partial charge < -0.3 is 25.2 Å². The summed E-state index contributed by atoms with van der Waals surface area (Å²) in [6, 6.07) is 5.15. The molecule has 0 heterocycles. The maximum absolute atomic E-state index is 11.8. The van der Waals surface area contributed by atoms with Crippen LogP contribution in [0.5, 0.6) is 0 Å². The fourth-order valence-corrected chi connectivity index (χ4v) is 2.36. The lowest BCUT2D eigenvalue weighted by atomic mass is 10.1. The predicted molar refractivity (Wildman–Crippen MR) is 113 cm³/mol. The molecular weight excluding hydrogens is 440 g/mol. The average molecular weight is 466 g/mol. The molecule has 4 N–H and O–H groups in total. The zero-order chi connectivity index (χ0) is 25.2. The Bertz CT molecular complexity index is 838. The van der Waals surface area contributed by atoms with Crippen molar-refractivity contribution >= 4 is 35.8 Å². The zero-order valence-electron chi connectivity index (χ0n) is 17.8. The first kappa shape index (κ1) is 29.0. The fraction of sp³-hybridized carbons (Fsp3) is 0.364. The van der Waals surface area contributed by atoms with Crippen molar-refractivity contribution in [3.63, 3.8) is 0 Å². The van der Waals surface area contributed by atoms with Gasteiger partial charge in [0, 0.05) is 25.0 Å². The molecule has 180 valence electrons. The largest absolute Gasteiger partial charge is 0.481 e. The second-order valence-corrected chi connectivity index (χ2v) is 6.67. The Labute approximate surface area is 189 Å². The van der Waals surface area contributed by atoms with Crippen molar-refractivity contribution in [3.05, 3.63) is 47.5 Å². The van der Waals surface area contributed by atoms with Gasteiger partial charge in [-0.2, -0.15) is 0 Å². The Kier molecular flexibility index (Phi) is 14.6. The van der Waals surface area contributed by atoms with Crippen LogP contribution >= 0.6 is 0 Å². The number of aliphatic carboxylic acids is 3. The quantitative estimate of drug-likeness (QED) is 0.144. The highest BCUT2D eigenvalue weighted by Crippen LogP contribution is 2.10. The molecule has 0 aliphatic carbocycles. The van der Waals surface area contributed by atoms with Gasteiger partial charge >= 0.3 is 35.8 Å². The highest BCUT2D eigenvalue weighted by atomic mass is 16.6. The molecule has 0 aromatic heterocycles. The fourth-order valence-electron chi connectivity index (χ4n) is 2.36. The monoisotopic (exact) mass is 466 g/mol. The molecule has 1 rings (SSSR count). The predicted octanol–water partition coefficient (Wildman–Crippen LogP) is 2.99. The third kappa shape index (κ3) is 16.4. The molecule has 33 heavy (non-hydrogen) atoms. The number of carbonyl (C=O) groups excluding carboxylic acids is 2. The number of rotatable bonds is 13. The number of hydrogen-bond donors (Lipinski definition) is 4. The van der Waals surface area contributed by atoms with Gasteiger partial charge in [0.15, 0.2) is 0 Å². The summed E-state index contributed by atoms with van der Waals surface area (Å²) in [5, 5.41) is 32.9. The van der Waals surface area contributed by atoms with Crippen molar-refractivity contribution in [3.8, 4) is 0 Å². The Hall–Kier alpha value is -4.02. The molecule has 0 fully saturated rings. The number of esters is 2. The van der Waals surface area contributed by atoms with Crippen molar-refractivity contribution in [2.75, 3.05) is 0 Å². The number of hydrogen-bond acceptors (Lipinski definition) is 7. The van der Waals surface area contributed by atoms with Crippen molar-refractivity contribution in [1.29, 1.82) is 0 Å². The molecule has 0 aliphatic rings. The highest BCUT2D eigenvalue weighted by molar-refractivity contribution is 5.97. The SMILES string of the molecule is O=C(O)/C=C\C(=O)O.O=C(O)CCCCCCCCC(=O)OC(=O)c1ccc(C(=O)O)cc1. The minimum Gasteiger partial charge on any atom is -0.481 e. The van der Waals surface area contributed by atoms with E-state index < -0.39 is 35.8 Å². The number of benzene rings is 1. The Morgan fingerprint density at radius 3 is 1.48 bits per heavy atom. The van der Waals surface area contributed by atoms with Crippen LogP contribution in [0, 0.1) is 0 Å². The number of aromatic carboxylic acids is 1. The van der Waals surface area contributed by atoms with Gasteiger partial charge in [-0.25, -0.2) is 19.2 Å². The van der Waals surface area contributed by atoms with Crippen LogP contribution in [0.4, 0.5) is 0 Å². The molecule has 0 spiro atoms. The normalized spacial score (nSPS) is 10.1. The van der Waals surface area contributed by atoms with E-state index in [0.29, 0.717) is 25.0 Å². The van der Waals surface area contributed by atoms with Crippen molar-refractivity contribution in [2.24, 2.45) is 0 Å². The van der Waals surface area contributed by atoms with Crippen LogP contribution in [-0.2, 0) is 23.9 Å². The number of carboxylic acids is 4. The zero-order valence-corrected chi connectivity index (χ0v) is 17.8. The van der Waals surface area contributed by atoms with Crippen LogP contribution in [0.3, 0.4) is 0 Å². The maximum Gasteiger partial charge on any atom is 0.345 e. The lowest BCUT2D eigenvalue weighted by Crippen LogP contribution is -2.12. The lowest BCUT2D eigenvalue weighted by molar-refractivity contribution is -0.138. The van der Waals surface area contributed by atoms with Crippen LogP contribution in [0.25, 0.3) is 0 Å². The molecule has 11 nitrogen and oxygen atoms in total. The number of unbranched alkanes of at least 4 members (excludes halogenated alkanes) is 5. The third-order valence-corrected chi connectivity index (χ3v) is 3.96. The van der Waals surface area contributed by atoms with E-state index in [1.807, 2.05) is 0 Å². The van der Waals surface area contributed by atoms with Crippen molar-refractivity contribution < 1.29 is 53.9 Å². The van der Waals surface area contributed by atoms with Crippen LogP contribution in [-0.4, -0.2) is 56.2 Å². The van der Waals surface area contributed by atoms with Crippen LogP contribution < -0.4 is 0 Å². The Balaban J connectivity index is 0.00000109. The van der Waals surface area contributed by atoms with Crippen LogP contribution in [0.15, 0.2) is 36.4 Å². The molecule has 0 unspecified atom stereocenters. The summed E-state index contributed by atoms with van der Waals surface area (Å²) >= 11 is 0. The highest BCUT2D eigenvalue weighted by Gasteiger charge is 2.13. The van der Waals surface area contributed by atoms with E-state index in [9.17, 15) is 28.8 Å². The Morgan fingerprint density at radius 1 is 0.636 bits per heavy atom. The van der Waals surface area contributed by atoms with Gasteiger partial charge in [0.1, 0.15) is 0 Å². The second-order valence-electron chi connectivity index (χ2n) is 6.67. The molecule has 11 heteroatoms. The third-order valence-electron chi connectivity index (χ3n) is 3.96. The summed E-state index contributed by atoms with van der Waals surface area (Å²) in [5.74, 6) is -5.81. The molecule has 1 aromatic rings. The standard InChI is InChI=1S/C18H22O7.C4H4O4/c19-15(20)7-5-3-1-2-4-6-8-16(21)25-18(24)14-11-9-13(10-12-14)17(22)23;5-3(6)1-2-4(7)8/h9-12H,1-8H2,(H,19,20)(H,22,23);1-2H,(H,5,6)(H,7,8)/b;2-1-. The van der Waals surface area contributed by atoms with Gasteiger partial charge in [0.05, 0.1) is 11.1 Å². The minimum absolute atomic E-state index is 0.0474. The smallest absolute Gasteiger partial charge is 0.345 e. The Morgan fingerprint density at radius 2 is 1.06 bits per heavy atom. The molecule has 0 aliphatic heterocycles. The summed E-state index contributed by atoms with van der Waals surface area (Å²) < 4.78 is 4.72. The van der Waals surface area contributed by atoms with Gasteiger partial charge in [-0.05, 0) is 37.1 Å². The maximum atomic E-state index is 11.8. The topological polar surface area (TPSA) is 193 Å². The molecule has 0 amide bonds. The molecule has 1 aromatic carbocycles. The van der Waals surface area contributed by atoms with E-state index >= 15 is 0 Å². The second kappa shape index (κ2) is 16.6. The molecule has 0 bridgehead atoms. The van der Waals surface area contributed by atoms with E-state index in [-0.39, 0.29) is 24.0 Å². The molecule has 0 saturated heterocycles. The van der Waals surface area contributed by atoms with E-state index in [0.717, 1.165) is 25.7 Å². The van der Waals surface area contributed by atoms with Gasteiger partial charge in [-0.3, -0.25) is 9.59 Å². The summed E-state index contributed by atoms with van der Waals surface area (Å²) in [7, 11) is 0. The summed E-state index contributed by atoms with van der Waals surface area (Å²) in [5.41, 5.74) is 0.169. The van der Waals surface area contributed by atoms with Crippen LogP contribution in [0.1, 0.15) is 72.1 Å². The van der Waals surface area contributed by atoms with Crippen molar-refractivity contribution in [2.45, 2.75) is 51.4 Å². The summed E-state index contributed by atoms with van der Waals surface area (Å²) in [6.07, 6.45) is 6.16. The average Bonchev–Trinajstić information content (AvgIpc) is 2.74. The van der Waals surface area contributed by atoms with Gasteiger partial charge in [0.2, 0.25) is 0 Å². The van der Waals surface area contributed by atoms with Crippen LogP contribution in [0.2, 0.25) is 0 Å². The number of carboxylic acid groups (broad SMARTS) is 4. The van der Waals surface area contributed by atoms with E-state index in [2.05, 4.69) is 0 Å². The number of carbonyl (C=O) groups is 6. The van der Waals surface area contributed by atoms with E-state index in [1.54, 1.807) is 0 Å². The van der Waals surface area contributed by atoms with Gasteiger partial charge in [-0.1, -0.05) is 25.7 Å². The van der Waals surface area contributed by atoms with Gasteiger partial charge in [0.25, 0.3) is 0 Å². The lowest BCUT2D eigenvalue weighted by Gasteiger charge is -2.04. The molecule has 0 atom stereocenters. The molecule has 0 saturated carbocycles. The van der Waals surface area contributed by atoms with E-state index in [1.165, 1.54) is 24.3 Å². The molecule has 0 radical (unpaired) electrons. The molecular formula is C22H26O11. The summed E-state index contributed by atoms with van der Waals surface area (Å²) in [4.78, 5) is 63.5. The first-order valence-corrected chi connectivity index (χ1v) is 9.97. The van der Waals surface area contributed by atoms with Crippen molar-refractivity contribution in [1.82, 2.24) is 0 Å². The summed E-state index contributed by atoms with van der Waals surface area (Å²) in [6.45, 7) is 0. The first-order valence-electron chi connectivity index (χ1n) is 9.97. The number of ether oxygens (including phenoxy) is 1. The van der Waals surface area contributed by atoms with Gasteiger partial charge in [-0.15, -0.1) is 0 Å². The van der Waals surface area contributed by atoms with E-state index in [4.69, 9.17) is 25.2 Å². The minimum atomic E-state index is -1.26. The first-order chi connectivity index (χ1) is 15.5.